The van der Waals surface area contributed by atoms with Gasteiger partial charge in [0.05, 0.1) is 23.8 Å². The van der Waals surface area contributed by atoms with Crippen molar-refractivity contribution in [3.63, 3.8) is 0 Å². The molecule has 1 aliphatic heterocycles. The van der Waals surface area contributed by atoms with Crippen LogP contribution in [0.4, 0.5) is 5.69 Å². The molecule has 1 aliphatic rings. The molecule has 1 saturated heterocycles. The zero-order valence-corrected chi connectivity index (χ0v) is 18.3. The lowest BCUT2D eigenvalue weighted by Crippen LogP contribution is -2.38. The lowest BCUT2D eigenvalue weighted by atomic mass is 10.2. The van der Waals surface area contributed by atoms with Crippen molar-refractivity contribution in [1.29, 1.82) is 0 Å². The number of carbonyl (C=O) groups is 1. The average molecular weight is 432 g/mol. The Bertz CT molecular complexity index is 955. The van der Waals surface area contributed by atoms with Crippen molar-refractivity contribution in [2.24, 2.45) is 0 Å². The van der Waals surface area contributed by atoms with Crippen LogP contribution in [0.25, 0.3) is 0 Å². The smallest absolute Gasteiger partial charge is 0.264 e. The summed E-state index contributed by atoms with van der Waals surface area (Å²) in [6.45, 7) is 6.77. The minimum absolute atomic E-state index is 0.208. The molecule has 1 amide bonds. The quantitative estimate of drug-likeness (QED) is 0.649. The maximum Gasteiger partial charge on any atom is 0.264 e. The molecule has 162 valence electrons. The molecule has 1 N–H and O–H groups in total. The minimum Gasteiger partial charge on any atom is -0.379 e. The molecule has 2 aromatic rings. The third-order valence-corrected chi connectivity index (χ3v) is 6.99. The van der Waals surface area contributed by atoms with Crippen LogP contribution in [-0.2, 0) is 14.8 Å². The Morgan fingerprint density at radius 3 is 2.53 bits per heavy atom. The molecule has 0 saturated carbocycles. The van der Waals surface area contributed by atoms with E-state index in [1.165, 1.54) is 11.4 Å². The fourth-order valence-electron chi connectivity index (χ4n) is 3.28. The van der Waals surface area contributed by atoms with E-state index in [2.05, 4.69) is 10.2 Å². The average Bonchev–Trinajstić information content (AvgIpc) is 2.77. The van der Waals surface area contributed by atoms with Gasteiger partial charge in [-0.25, -0.2) is 8.42 Å². The van der Waals surface area contributed by atoms with Gasteiger partial charge in [0.25, 0.3) is 15.9 Å². The molecule has 0 aliphatic carbocycles. The molecule has 7 nitrogen and oxygen atoms in total. The number of rotatable bonds is 8. The zero-order chi connectivity index (χ0) is 21.6. The molecular weight excluding hydrogens is 402 g/mol. The van der Waals surface area contributed by atoms with Crippen LogP contribution in [0.1, 0.15) is 22.3 Å². The molecule has 30 heavy (non-hydrogen) atoms. The number of benzene rings is 2. The van der Waals surface area contributed by atoms with Crippen molar-refractivity contribution in [2.45, 2.75) is 18.2 Å². The Labute approximate surface area is 178 Å². The molecule has 8 heteroatoms. The maximum atomic E-state index is 12.9. The molecule has 0 radical (unpaired) electrons. The van der Waals surface area contributed by atoms with Crippen LogP contribution in [0.15, 0.2) is 53.4 Å². The number of aryl methyl sites for hydroxylation is 1. The number of sulfonamides is 1. The second-order valence-corrected chi connectivity index (χ2v) is 9.37. The Kier molecular flexibility index (Phi) is 7.47. The highest BCUT2D eigenvalue weighted by molar-refractivity contribution is 7.92. The van der Waals surface area contributed by atoms with Gasteiger partial charge >= 0.3 is 0 Å². The van der Waals surface area contributed by atoms with E-state index < -0.39 is 10.0 Å². The molecule has 1 heterocycles. The first kappa shape index (κ1) is 22.3. The van der Waals surface area contributed by atoms with E-state index in [4.69, 9.17) is 4.74 Å². The highest BCUT2D eigenvalue weighted by Gasteiger charge is 2.22. The van der Waals surface area contributed by atoms with Gasteiger partial charge in [0.1, 0.15) is 0 Å². The number of nitrogens with one attached hydrogen (secondary N) is 1. The number of amides is 1. The van der Waals surface area contributed by atoms with Crippen LogP contribution in [0, 0.1) is 6.92 Å². The Hall–Kier alpha value is -2.42. The van der Waals surface area contributed by atoms with Crippen molar-refractivity contribution in [2.75, 3.05) is 50.7 Å². The minimum atomic E-state index is -3.70. The lowest BCUT2D eigenvalue weighted by Gasteiger charge is -2.26. The SMILES string of the molecule is Cc1ccc(S(=O)(=O)N(C)c2cccc(C(=O)NCCCN3CCOCC3)c2)cc1. The highest BCUT2D eigenvalue weighted by atomic mass is 32.2. The molecule has 1 fully saturated rings. The summed E-state index contributed by atoms with van der Waals surface area (Å²) in [5, 5.41) is 2.92. The standard InChI is InChI=1S/C22H29N3O4S/c1-18-7-9-21(10-8-18)30(27,28)24(2)20-6-3-5-19(17-20)22(26)23-11-4-12-25-13-15-29-16-14-25/h3,5-10,17H,4,11-16H2,1-2H3,(H,23,26). The van der Waals surface area contributed by atoms with Gasteiger partial charge in [-0.3, -0.25) is 14.0 Å². The topological polar surface area (TPSA) is 79.0 Å². The van der Waals surface area contributed by atoms with Gasteiger partial charge < -0.3 is 10.1 Å². The first-order chi connectivity index (χ1) is 14.4. The number of ether oxygens (including phenoxy) is 1. The van der Waals surface area contributed by atoms with E-state index in [0.717, 1.165) is 44.8 Å². The van der Waals surface area contributed by atoms with Crippen LogP contribution in [-0.4, -0.2) is 65.7 Å². The first-order valence-corrected chi connectivity index (χ1v) is 11.6. The van der Waals surface area contributed by atoms with E-state index in [1.54, 1.807) is 48.5 Å². The third-order valence-electron chi connectivity index (χ3n) is 5.19. The summed E-state index contributed by atoms with van der Waals surface area (Å²) in [5.41, 5.74) is 1.87. The van der Waals surface area contributed by atoms with Gasteiger partial charge in [0.15, 0.2) is 0 Å². The van der Waals surface area contributed by atoms with Gasteiger partial charge in [0.2, 0.25) is 0 Å². The second-order valence-electron chi connectivity index (χ2n) is 7.40. The van der Waals surface area contributed by atoms with E-state index in [9.17, 15) is 13.2 Å². The molecule has 0 unspecified atom stereocenters. The predicted octanol–water partition coefficient (Wildman–Crippen LogP) is 2.27. The van der Waals surface area contributed by atoms with Crippen molar-refractivity contribution >= 4 is 21.6 Å². The maximum absolute atomic E-state index is 12.9. The number of carbonyl (C=O) groups excluding carboxylic acids is 1. The molecular formula is C22H29N3O4S. The van der Waals surface area contributed by atoms with Gasteiger partial charge in [0, 0.05) is 32.2 Å². The monoisotopic (exact) mass is 431 g/mol. The lowest BCUT2D eigenvalue weighted by molar-refractivity contribution is 0.0374. The number of hydrogen-bond donors (Lipinski definition) is 1. The summed E-state index contributed by atoms with van der Waals surface area (Å²) < 4.78 is 32.3. The fraction of sp³-hybridized carbons (Fsp3) is 0.409. The van der Waals surface area contributed by atoms with Crippen molar-refractivity contribution in [1.82, 2.24) is 10.2 Å². The van der Waals surface area contributed by atoms with Crippen LogP contribution in [0.3, 0.4) is 0 Å². The van der Waals surface area contributed by atoms with Crippen LogP contribution in [0.5, 0.6) is 0 Å². The van der Waals surface area contributed by atoms with E-state index in [-0.39, 0.29) is 10.8 Å². The number of nitrogens with zero attached hydrogens (tertiary/aromatic N) is 2. The first-order valence-electron chi connectivity index (χ1n) is 10.1. The summed E-state index contributed by atoms with van der Waals surface area (Å²) in [5.74, 6) is -0.208. The van der Waals surface area contributed by atoms with Gasteiger partial charge in [-0.1, -0.05) is 23.8 Å². The van der Waals surface area contributed by atoms with Crippen molar-refractivity contribution < 1.29 is 17.9 Å². The van der Waals surface area contributed by atoms with Gasteiger partial charge in [-0.05, 0) is 50.2 Å². The number of anilines is 1. The Balaban J connectivity index is 1.60. The van der Waals surface area contributed by atoms with E-state index in [1.807, 2.05) is 6.92 Å². The Morgan fingerprint density at radius 2 is 1.83 bits per heavy atom. The van der Waals surface area contributed by atoms with Gasteiger partial charge in [-0.2, -0.15) is 0 Å². The van der Waals surface area contributed by atoms with Crippen LogP contribution >= 0.6 is 0 Å². The molecule has 0 spiro atoms. The summed E-state index contributed by atoms with van der Waals surface area (Å²) >= 11 is 0. The van der Waals surface area contributed by atoms with Crippen LogP contribution in [0.2, 0.25) is 0 Å². The normalized spacial score (nSPS) is 15.0. The molecule has 0 atom stereocenters. The Morgan fingerprint density at radius 1 is 1.13 bits per heavy atom. The molecule has 2 aromatic carbocycles. The van der Waals surface area contributed by atoms with Crippen LogP contribution < -0.4 is 9.62 Å². The summed E-state index contributed by atoms with van der Waals surface area (Å²) in [7, 11) is -2.20. The predicted molar refractivity (Wildman–Crippen MR) is 117 cm³/mol. The molecule has 0 aromatic heterocycles. The number of morpholine rings is 1. The van der Waals surface area contributed by atoms with Crippen molar-refractivity contribution in [3.8, 4) is 0 Å². The van der Waals surface area contributed by atoms with E-state index >= 15 is 0 Å². The third kappa shape index (κ3) is 5.59. The summed E-state index contributed by atoms with van der Waals surface area (Å²) in [6, 6.07) is 13.4. The molecule has 0 bridgehead atoms. The highest BCUT2D eigenvalue weighted by Crippen LogP contribution is 2.23. The zero-order valence-electron chi connectivity index (χ0n) is 17.5. The summed E-state index contributed by atoms with van der Waals surface area (Å²) in [4.78, 5) is 15.1. The number of hydrogen-bond acceptors (Lipinski definition) is 5. The van der Waals surface area contributed by atoms with E-state index in [0.29, 0.717) is 17.8 Å². The molecule has 3 rings (SSSR count). The van der Waals surface area contributed by atoms with Gasteiger partial charge in [-0.15, -0.1) is 0 Å². The summed E-state index contributed by atoms with van der Waals surface area (Å²) in [6.07, 6.45) is 0.854. The fourth-order valence-corrected chi connectivity index (χ4v) is 4.47. The largest absolute Gasteiger partial charge is 0.379 e. The van der Waals surface area contributed by atoms with Crippen molar-refractivity contribution in [3.05, 3.63) is 59.7 Å². The second kappa shape index (κ2) is 10.1.